The number of carbonyl (C=O) groups excluding carboxylic acids is 2. The van der Waals surface area contributed by atoms with Crippen molar-refractivity contribution in [3.05, 3.63) is 51.5 Å². The van der Waals surface area contributed by atoms with E-state index in [0.717, 1.165) is 5.56 Å². The van der Waals surface area contributed by atoms with E-state index in [1.807, 2.05) is 0 Å². The number of carbonyl (C=O) groups is 2. The molecule has 27 heavy (non-hydrogen) atoms. The fraction of sp³-hybridized carbons (Fsp3) is 0.389. The molecule has 3 rings (SSSR count). The molecule has 0 saturated heterocycles. The van der Waals surface area contributed by atoms with Crippen molar-refractivity contribution in [2.45, 2.75) is 45.5 Å². The van der Waals surface area contributed by atoms with Crippen molar-refractivity contribution in [1.82, 2.24) is 0 Å². The monoisotopic (exact) mass is 374 g/mol. The van der Waals surface area contributed by atoms with Crippen LogP contribution in [0.2, 0.25) is 5.82 Å². The summed E-state index contributed by atoms with van der Waals surface area (Å²) in [6.07, 6.45) is 1.02. The van der Waals surface area contributed by atoms with Crippen LogP contribution in [0.25, 0.3) is 0 Å². The first kappa shape index (κ1) is 19.0. The number of ether oxygens (including phenoxy) is 1. The maximum absolute atomic E-state index is 12.4. The Morgan fingerprint density at radius 3 is 2.78 bits per heavy atom. The van der Waals surface area contributed by atoms with Crippen LogP contribution in [0.1, 0.15) is 47.2 Å². The predicted molar refractivity (Wildman–Crippen MR) is 93.5 cm³/mol. The largest absolute Gasteiger partial charge is 0.535 e. The number of fused-ring (bicyclic) bond motifs is 1. The van der Waals surface area contributed by atoms with Gasteiger partial charge in [-0.05, 0) is 25.0 Å². The van der Waals surface area contributed by atoms with Crippen molar-refractivity contribution in [3.8, 4) is 5.75 Å². The van der Waals surface area contributed by atoms with Gasteiger partial charge in [0.25, 0.3) is 0 Å². The van der Waals surface area contributed by atoms with Crippen LogP contribution in [0.15, 0.2) is 31.8 Å². The van der Waals surface area contributed by atoms with E-state index in [1.54, 1.807) is 19.1 Å². The van der Waals surface area contributed by atoms with Crippen molar-refractivity contribution < 1.29 is 32.8 Å². The first-order valence-electron chi connectivity index (χ1n) is 8.63. The highest BCUT2D eigenvalue weighted by Gasteiger charge is 2.37. The van der Waals surface area contributed by atoms with Gasteiger partial charge < -0.3 is 23.2 Å². The summed E-state index contributed by atoms with van der Waals surface area (Å²) in [4.78, 5) is 35.2. The molecule has 0 amide bonds. The van der Waals surface area contributed by atoms with Gasteiger partial charge in [-0.1, -0.05) is 19.1 Å². The molecule has 0 bridgehead atoms. The zero-order chi connectivity index (χ0) is 19.6. The van der Waals surface area contributed by atoms with Gasteiger partial charge in [-0.15, -0.1) is 0 Å². The number of rotatable bonds is 6. The first-order chi connectivity index (χ1) is 12.9. The van der Waals surface area contributed by atoms with Gasteiger partial charge in [-0.25, -0.2) is 9.59 Å². The summed E-state index contributed by atoms with van der Waals surface area (Å²) in [7, 11) is -1.18. The molecule has 9 heteroatoms. The molecule has 2 heterocycles. The molecule has 1 atom stereocenters. The number of esters is 1. The van der Waals surface area contributed by atoms with Crippen molar-refractivity contribution in [2.75, 3.05) is 0 Å². The maximum Gasteiger partial charge on any atom is 0.526 e. The molecule has 0 spiro atoms. The topological polar surface area (TPSA) is 116 Å². The third-order valence-electron chi connectivity index (χ3n) is 4.49. The number of hydrogen-bond donors (Lipinski definition) is 1. The van der Waals surface area contributed by atoms with Crippen LogP contribution < -0.4 is 10.5 Å². The lowest BCUT2D eigenvalue weighted by atomic mass is 9.64. The Labute approximate surface area is 155 Å². The molecule has 1 N–H and O–H groups in total. The Balaban J connectivity index is 1.75. The number of ketones is 1. The van der Waals surface area contributed by atoms with Crippen molar-refractivity contribution >= 4 is 18.9 Å². The normalized spacial score (nSPS) is 15.8. The Bertz CT molecular complexity index is 912. The smallest absolute Gasteiger partial charge is 0.526 e. The van der Waals surface area contributed by atoms with E-state index in [2.05, 4.69) is 0 Å². The van der Waals surface area contributed by atoms with Gasteiger partial charge in [-0.2, -0.15) is 0 Å². The van der Waals surface area contributed by atoms with Crippen LogP contribution in [0.5, 0.6) is 5.75 Å². The molecule has 0 saturated carbocycles. The molecule has 0 fully saturated rings. The Morgan fingerprint density at radius 2 is 2.11 bits per heavy atom. The number of para-hydroxylation sites is 1. The van der Waals surface area contributed by atoms with Gasteiger partial charge >= 0.3 is 18.9 Å². The van der Waals surface area contributed by atoms with Crippen LogP contribution in [-0.2, 0) is 22.6 Å². The highest BCUT2D eigenvalue weighted by atomic mass is 16.6. The number of aryl methyl sites for hydroxylation is 1. The quantitative estimate of drug-likeness (QED) is 0.603. The minimum Gasteiger partial charge on any atom is -0.535 e. The van der Waals surface area contributed by atoms with Crippen molar-refractivity contribution in [3.63, 3.8) is 0 Å². The third kappa shape index (κ3) is 4.14. The molecule has 1 aliphatic rings. The summed E-state index contributed by atoms with van der Waals surface area (Å²) in [5, 5.41) is 10.2. The van der Waals surface area contributed by atoms with E-state index in [0.29, 0.717) is 12.8 Å². The van der Waals surface area contributed by atoms with Crippen LogP contribution in [-0.4, -0.2) is 23.9 Å². The Kier molecular flexibility index (Phi) is 5.50. The van der Waals surface area contributed by atoms with Crippen LogP contribution in [0.3, 0.4) is 0 Å². The zero-order valence-corrected chi connectivity index (χ0v) is 15.0. The summed E-state index contributed by atoms with van der Waals surface area (Å²) in [5.74, 6) is -1.28. The van der Waals surface area contributed by atoms with E-state index >= 15 is 0 Å². The second kappa shape index (κ2) is 7.83. The molecule has 0 aliphatic carbocycles. The lowest BCUT2D eigenvalue weighted by Crippen LogP contribution is -2.35. The SMILES string of the molecule is CCC(=O)C[C@H]1Cc2cccc(C(=O)OCc3oc(=O)oc3C)c2OB1O. The first-order valence-corrected chi connectivity index (χ1v) is 8.63. The van der Waals surface area contributed by atoms with Crippen LogP contribution >= 0.6 is 0 Å². The number of benzene rings is 1. The summed E-state index contributed by atoms with van der Waals surface area (Å²) < 4.78 is 20.2. The van der Waals surface area contributed by atoms with Crippen molar-refractivity contribution in [1.29, 1.82) is 0 Å². The minimum absolute atomic E-state index is 0.0404. The average Bonchev–Trinajstić information content (AvgIpc) is 2.97. The Morgan fingerprint density at radius 1 is 1.33 bits per heavy atom. The van der Waals surface area contributed by atoms with Gasteiger partial charge in [0, 0.05) is 18.7 Å². The molecule has 1 aromatic heterocycles. The van der Waals surface area contributed by atoms with Gasteiger partial charge in [0.1, 0.15) is 17.1 Å². The molecule has 0 radical (unpaired) electrons. The lowest BCUT2D eigenvalue weighted by molar-refractivity contribution is -0.118. The van der Waals surface area contributed by atoms with E-state index in [4.69, 9.17) is 18.2 Å². The lowest BCUT2D eigenvalue weighted by Gasteiger charge is -2.28. The fourth-order valence-corrected chi connectivity index (χ4v) is 2.97. The molecular formula is C18H19BO8. The van der Waals surface area contributed by atoms with E-state index in [-0.39, 0.29) is 47.5 Å². The predicted octanol–water partition coefficient (Wildman–Crippen LogP) is 2.05. The molecule has 2 aromatic rings. The fourth-order valence-electron chi connectivity index (χ4n) is 2.97. The number of hydrogen-bond acceptors (Lipinski definition) is 8. The third-order valence-corrected chi connectivity index (χ3v) is 4.49. The number of Topliss-reactive ketones (excluding diaryl/α,β-unsaturated/α-hetero) is 1. The molecular weight excluding hydrogens is 355 g/mol. The zero-order valence-electron chi connectivity index (χ0n) is 15.0. The van der Waals surface area contributed by atoms with Crippen LogP contribution in [0, 0.1) is 6.92 Å². The summed E-state index contributed by atoms with van der Waals surface area (Å²) in [6, 6.07) is 4.98. The second-order valence-corrected chi connectivity index (χ2v) is 6.37. The van der Waals surface area contributed by atoms with E-state index < -0.39 is 18.9 Å². The molecule has 1 aromatic carbocycles. The van der Waals surface area contributed by atoms with Gasteiger partial charge in [0.05, 0.1) is 0 Å². The molecule has 142 valence electrons. The van der Waals surface area contributed by atoms with Crippen molar-refractivity contribution in [2.24, 2.45) is 0 Å². The molecule has 1 aliphatic heterocycles. The molecule has 8 nitrogen and oxygen atoms in total. The molecule has 0 unspecified atom stereocenters. The van der Waals surface area contributed by atoms with E-state index in [9.17, 15) is 19.4 Å². The van der Waals surface area contributed by atoms with Gasteiger partial charge in [-0.3, -0.25) is 4.79 Å². The standard InChI is InChI=1S/C18H19BO8/c1-3-13(20)8-12-7-11-5-4-6-14(16(11)27-19(12)23)17(21)24-9-15-10(2)25-18(22)26-15/h4-6,12,23H,3,7-9H2,1-2H3/t12-/m1/s1. The highest BCUT2D eigenvalue weighted by molar-refractivity contribution is 6.47. The second-order valence-electron chi connectivity index (χ2n) is 6.37. The summed E-state index contributed by atoms with van der Waals surface area (Å²) in [5.41, 5.74) is 0.866. The van der Waals surface area contributed by atoms with Gasteiger partial charge in [0.15, 0.2) is 18.1 Å². The highest BCUT2D eigenvalue weighted by Crippen LogP contribution is 2.36. The summed E-state index contributed by atoms with van der Waals surface area (Å²) >= 11 is 0. The summed E-state index contributed by atoms with van der Waals surface area (Å²) in [6.45, 7) is 3.02. The maximum atomic E-state index is 12.4. The van der Waals surface area contributed by atoms with E-state index in [1.165, 1.54) is 13.0 Å². The van der Waals surface area contributed by atoms with Gasteiger partial charge in [0.2, 0.25) is 0 Å². The Hall–Kier alpha value is -2.81. The minimum atomic E-state index is -1.18. The average molecular weight is 374 g/mol. The van der Waals surface area contributed by atoms with Crippen LogP contribution in [0.4, 0.5) is 0 Å².